The van der Waals surface area contributed by atoms with E-state index in [-0.39, 0.29) is 0 Å². The minimum absolute atomic E-state index is 0.345. The molecule has 4 heteroatoms. The van der Waals surface area contributed by atoms with Crippen LogP contribution in [0.2, 0.25) is 0 Å². The van der Waals surface area contributed by atoms with Gasteiger partial charge in [0.2, 0.25) is 0 Å². The molecule has 2 aliphatic rings. The van der Waals surface area contributed by atoms with Crippen LogP contribution in [0.4, 0.5) is 5.69 Å². The number of nitrogens with two attached hydrogens (primary N) is 1. The van der Waals surface area contributed by atoms with Gasteiger partial charge in [-0.1, -0.05) is 22.4 Å². The smallest absolute Gasteiger partial charge is 0.0621 e. The molecule has 3 rings (SSSR count). The molecule has 1 aromatic rings. The summed E-state index contributed by atoms with van der Waals surface area (Å²) in [6.45, 7) is 0. The third-order valence-electron chi connectivity index (χ3n) is 4.14. The van der Waals surface area contributed by atoms with Crippen LogP contribution < -0.4 is 5.73 Å². The first-order valence-electron chi connectivity index (χ1n) is 6.11. The fraction of sp³-hybridized carbons (Fsp3) is 0.538. The Hall–Kier alpha value is -0.350. The molecule has 4 unspecified atom stereocenters. The second-order valence-corrected chi connectivity index (χ2v) is 7.75. The monoisotopic (exact) mass is 313 g/mol. The molecule has 2 fully saturated rings. The maximum atomic E-state index is 12.6. The molecule has 0 amide bonds. The molecule has 4 atom stereocenters. The topological polar surface area (TPSA) is 43.1 Å². The molecule has 2 nitrogen and oxygen atoms in total. The van der Waals surface area contributed by atoms with Crippen molar-refractivity contribution in [2.24, 2.45) is 11.8 Å². The van der Waals surface area contributed by atoms with Crippen LogP contribution in [0.25, 0.3) is 0 Å². The van der Waals surface area contributed by atoms with Gasteiger partial charge in [0.25, 0.3) is 0 Å². The molecule has 2 saturated carbocycles. The summed E-state index contributed by atoms with van der Waals surface area (Å²) in [6.07, 6.45) is 5.02. The fourth-order valence-corrected chi connectivity index (χ4v) is 5.56. The zero-order valence-corrected chi connectivity index (χ0v) is 12.0. The van der Waals surface area contributed by atoms with Gasteiger partial charge in [0.1, 0.15) is 0 Å². The highest BCUT2D eigenvalue weighted by atomic mass is 79.9. The lowest BCUT2D eigenvalue weighted by molar-refractivity contribution is 0.482. The molecule has 0 radical (unpaired) electrons. The quantitative estimate of drug-likeness (QED) is 0.851. The van der Waals surface area contributed by atoms with Crippen LogP contribution in [-0.4, -0.2) is 9.46 Å². The lowest BCUT2D eigenvalue weighted by atomic mass is 10.0. The number of hydrogen-bond donors (Lipinski definition) is 1. The Balaban J connectivity index is 1.87. The second-order valence-electron chi connectivity index (χ2n) is 5.19. The molecule has 0 saturated heterocycles. The lowest BCUT2D eigenvalue weighted by Gasteiger charge is -2.21. The van der Waals surface area contributed by atoms with E-state index < -0.39 is 10.8 Å². The zero-order chi connectivity index (χ0) is 12.0. The van der Waals surface area contributed by atoms with Crippen LogP contribution >= 0.6 is 15.9 Å². The van der Waals surface area contributed by atoms with Gasteiger partial charge in [0.05, 0.1) is 15.7 Å². The van der Waals surface area contributed by atoms with Crippen LogP contribution in [0.5, 0.6) is 0 Å². The van der Waals surface area contributed by atoms with E-state index in [0.29, 0.717) is 16.9 Å². The Bertz CT molecular complexity index is 476. The summed E-state index contributed by atoms with van der Waals surface area (Å²) in [5.41, 5.74) is 6.62. The SMILES string of the molecule is Nc1cc(Br)ccc1S(=O)C1CC2CCC1C2. The standard InChI is InChI=1S/C13H16BrNOS/c14-10-3-4-12(11(15)7-10)17(16)13-6-8-1-2-9(13)5-8/h3-4,7-9,13H,1-2,5-6,15H2. The van der Waals surface area contributed by atoms with E-state index in [1.165, 1.54) is 19.3 Å². The summed E-state index contributed by atoms with van der Waals surface area (Å²) < 4.78 is 13.5. The highest BCUT2D eigenvalue weighted by Gasteiger charge is 2.43. The highest BCUT2D eigenvalue weighted by molar-refractivity contribution is 9.10. The molecule has 0 aliphatic heterocycles. The van der Waals surface area contributed by atoms with Crippen molar-refractivity contribution in [3.05, 3.63) is 22.7 Å². The first-order chi connectivity index (χ1) is 8.15. The molecule has 2 N–H and O–H groups in total. The highest BCUT2D eigenvalue weighted by Crippen LogP contribution is 2.48. The van der Waals surface area contributed by atoms with E-state index in [1.807, 2.05) is 18.2 Å². The molecule has 2 aliphatic carbocycles. The first kappa shape index (κ1) is 11.7. The van der Waals surface area contributed by atoms with Crippen LogP contribution in [0, 0.1) is 11.8 Å². The number of nitrogen functional groups attached to an aromatic ring is 1. The molecule has 17 heavy (non-hydrogen) atoms. The van der Waals surface area contributed by atoms with E-state index in [0.717, 1.165) is 21.7 Å². The Morgan fingerprint density at radius 2 is 2.12 bits per heavy atom. The van der Waals surface area contributed by atoms with Gasteiger partial charge in [-0.25, -0.2) is 0 Å². The lowest BCUT2D eigenvalue weighted by Crippen LogP contribution is -2.23. The second kappa shape index (κ2) is 4.39. The normalized spacial score (nSPS) is 32.9. The third kappa shape index (κ3) is 2.06. The van der Waals surface area contributed by atoms with E-state index in [9.17, 15) is 4.21 Å². The molecular formula is C13H16BrNOS. The largest absolute Gasteiger partial charge is 0.398 e. The Kier molecular flexibility index (Phi) is 3.03. The minimum atomic E-state index is -0.924. The number of anilines is 1. The predicted molar refractivity (Wildman–Crippen MR) is 74.2 cm³/mol. The predicted octanol–water partition coefficient (Wildman–Crippen LogP) is 3.33. The molecule has 92 valence electrons. The summed E-state index contributed by atoms with van der Waals surface area (Å²) >= 11 is 3.38. The molecule has 2 bridgehead atoms. The zero-order valence-electron chi connectivity index (χ0n) is 9.56. The van der Waals surface area contributed by atoms with Gasteiger partial charge in [0.15, 0.2) is 0 Å². The van der Waals surface area contributed by atoms with Crippen molar-refractivity contribution in [1.29, 1.82) is 0 Å². The molecule has 0 aromatic heterocycles. The Labute approximate surface area is 113 Å². The van der Waals surface area contributed by atoms with Crippen LogP contribution in [0.1, 0.15) is 25.7 Å². The number of benzene rings is 1. The van der Waals surface area contributed by atoms with E-state index in [1.54, 1.807) is 0 Å². The molecule has 1 aromatic carbocycles. The number of fused-ring (bicyclic) bond motifs is 2. The summed E-state index contributed by atoms with van der Waals surface area (Å²) in [4.78, 5) is 0.825. The van der Waals surface area contributed by atoms with Gasteiger partial charge in [-0.15, -0.1) is 0 Å². The molecule has 0 heterocycles. The maximum Gasteiger partial charge on any atom is 0.0621 e. The van der Waals surface area contributed by atoms with E-state index >= 15 is 0 Å². The Morgan fingerprint density at radius 1 is 1.29 bits per heavy atom. The van der Waals surface area contributed by atoms with Gasteiger partial charge < -0.3 is 5.73 Å². The molecule has 0 spiro atoms. The average Bonchev–Trinajstić information content (AvgIpc) is 2.89. The van der Waals surface area contributed by atoms with E-state index in [2.05, 4.69) is 15.9 Å². The summed E-state index contributed by atoms with van der Waals surface area (Å²) in [6, 6.07) is 5.68. The van der Waals surface area contributed by atoms with Gasteiger partial charge in [0, 0.05) is 15.4 Å². The van der Waals surface area contributed by atoms with Crippen molar-refractivity contribution in [3.63, 3.8) is 0 Å². The number of rotatable bonds is 2. The van der Waals surface area contributed by atoms with Crippen molar-refractivity contribution in [1.82, 2.24) is 0 Å². The number of hydrogen-bond acceptors (Lipinski definition) is 2. The minimum Gasteiger partial charge on any atom is -0.398 e. The van der Waals surface area contributed by atoms with Gasteiger partial charge in [-0.3, -0.25) is 4.21 Å². The van der Waals surface area contributed by atoms with Gasteiger partial charge in [-0.05, 0) is 49.3 Å². The third-order valence-corrected chi connectivity index (χ3v) is 6.56. The molecular weight excluding hydrogens is 298 g/mol. The van der Waals surface area contributed by atoms with Crippen LogP contribution in [0.15, 0.2) is 27.6 Å². The van der Waals surface area contributed by atoms with Crippen LogP contribution in [0.3, 0.4) is 0 Å². The first-order valence-corrected chi connectivity index (χ1v) is 8.11. The fourth-order valence-electron chi connectivity index (χ4n) is 3.31. The summed E-state index contributed by atoms with van der Waals surface area (Å²) in [5.74, 6) is 1.49. The summed E-state index contributed by atoms with van der Waals surface area (Å²) in [7, 11) is -0.924. The van der Waals surface area contributed by atoms with Crippen molar-refractivity contribution in [2.45, 2.75) is 35.8 Å². The van der Waals surface area contributed by atoms with Gasteiger partial charge >= 0.3 is 0 Å². The van der Waals surface area contributed by atoms with Crippen molar-refractivity contribution in [3.8, 4) is 0 Å². The number of halogens is 1. The summed E-state index contributed by atoms with van der Waals surface area (Å²) in [5, 5.41) is 0.345. The van der Waals surface area contributed by atoms with Gasteiger partial charge in [-0.2, -0.15) is 0 Å². The van der Waals surface area contributed by atoms with E-state index in [4.69, 9.17) is 5.73 Å². The van der Waals surface area contributed by atoms with Crippen LogP contribution in [-0.2, 0) is 10.8 Å². The van der Waals surface area contributed by atoms with Crippen molar-refractivity contribution >= 4 is 32.4 Å². The average molecular weight is 314 g/mol. The Morgan fingerprint density at radius 3 is 2.71 bits per heavy atom. The van der Waals surface area contributed by atoms with Crippen molar-refractivity contribution in [2.75, 3.05) is 5.73 Å². The maximum absolute atomic E-state index is 12.6. The van der Waals surface area contributed by atoms with Crippen molar-refractivity contribution < 1.29 is 4.21 Å².